The first-order valence-electron chi connectivity index (χ1n) is 53.5. The predicted octanol–water partition coefficient (Wildman–Crippen LogP) is 19.3. The number of benzene rings is 12. The third kappa shape index (κ3) is 11.3. The maximum Gasteiger partial charge on any atom is 0.268 e. The molecular weight excluding hydrogens is 1380 g/mol. The largest absolute Gasteiger partial charge is 0.510 e. The summed E-state index contributed by atoms with van der Waals surface area (Å²) in [5.74, 6) is 0.225. The van der Waals surface area contributed by atoms with Crippen molar-refractivity contribution in [3.8, 4) is 73.2 Å². The van der Waals surface area contributed by atoms with Crippen molar-refractivity contribution in [3.63, 3.8) is 0 Å². The molecule has 0 spiro atoms. The molecule has 0 fully saturated rings. The molecule has 5 nitrogen and oxygen atoms in total. The summed E-state index contributed by atoms with van der Waals surface area (Å²) in [5.41, 5.74) is -23.5. The van der Waals surface area contributed by atoms with Gasteiger partial charge in [0.1, 0.15) is 5.82 Å². The molecule has 0 saturated heterocycles. The maximum atomic E-state index is 11.4. The molecule has 476 valence electrons. The number of para-hydroxylation sites is 1. The SMILES string of the molecule is [2H]c1c([2H])c([2H])c(-c2cc(-c3c([2H])c([2H])c4c(c3[2H])C(C([2H])([2H])[2H])(C([2H])([2H])[2H])C([2H])([2H])C([2H])([2H])C4(C([2H])([2H])[2H])C([2H])([2H])[2H])c(-[n+]3[c-]n(-c4[c-]c(Oc5[c-]c6c(cc5)c5ccccc5n6-c5cc(C(C)(C)C)ccn5)ccc4)c4cc(-c5c([2H])c([2H])c([2H])c([2H])c5[2H])ccc43)c(-c3c([2H])c([2H])c([2H])c([Si](c4c([2H])c([2H])c([2H])c([2H])c4[2H])(c4c([2H])c([2H])c([2H])c([2H])c4[2H])c4c([2H])c([2H])c([2H])c([2H])c4[2H])c3[2H])c2)c([2H])c1[2H].[Pt]. The van der Waals surface area contributed by atoms with Gasteiger partial charge in [-0.3, -0.25) is 4.57 Å². The van der Waals surface area contributed by atoms with Crippen LogP contribution >= 0.6 is 0 Å². The van der Waals surface area contributed by atoms with Crippen LogP contribution in [-0.2, 0) is 37.3 Å². The summed E-state index contributed by atoms with van der Waals surface area (Å²) < 4.78 is 472. The average Bonchev–Trinajstić information content (AvgIpc) is 0.680. The van der Waals surface area contributed by atoms with Crippen molar-refractivity contribution >= 4 is 61.7 Å². The number of fused-ring (bicyclic) bond motifs is 5. The van der Waals surface area contributed by atoms with Gasteiger partial charge in [0.05, 0.1) is 60.6 Å². The van der Waals surface area contributed by atoms with Crippen LogP contribution in [0.4, 0.5) is 0 Å². The molecule has 0 amide bonds. The summed E-state index contributed by atoms with van der Waals surface area (Å²) in [6.45, 7) is -13.0. The molecule has 0 saturated carbocycles. The zero-order chi connectivity index (χ0) is 107. The second kappa shape index (κ2) is 25.1. The normalized spacial score (nSPS) is 22.1. The fraction of sp³-hybridized carbons (Fsp3) is 0.133. The van der Waals surface area contributed by atoms with E-state index < -0.39 is 340 Å². The Morgan fingerprint density at radius 2 is 1.10 bits per heavy atom. The van der Waals surface area contributed by atoms with Crippen molar-refractivity contribution in [2.75, 3.05) is 0 Å². The monoisotopic (exact) mass is 1500 g/mol. The van der Waals surface area contributed by atoms with Gasteiger partial charge in [0.2, 0.25) is 0 Å². The average molecular weight is 1500 g/mol. The number of imidazole rings is 1. The van der Waals surface area contributed by atoms with Gasteiger partial charge >= 0.3 is 0 Å². The molecule has 0 aliphatic heterocycles. The van der Waals surface area contributed by atoms with E-state index >= 15 is 0 Å². The smallest absolute Gasteiger partial charge is 0.268 e. The first kappa shape index (κ1) is 28.8. The fourth-order valence-corrected chi connectivity index (χ4v) is 15.4. The van der Waals surface area contributed by atoms with E-state index in [4.69, 9.17) is 19.3 Å². The summed E-state index contributed by atoms with van der Waals surface area (Å²) in [4.78, 5) is 4.77. The molecule has 1 aliphatic carbocycles. The molecule has 0 bridgehead atoms. The molecule has 0 unspecified atom stereocenters. The van der Waals surface area contributed by atoms with Crippen LogP contribution in [0.2, 0.25) is 0 Å². The van der Waals surface area contributed by atoms with E-state index in [1.807, 2.05) is 61.7 Å². The number of hydrogen-bond acceptors (Lipinski definition) is 2. The summed E-state index contributed by atoms with van der Waals surface area (Å²) >= 11 is 0. The van der Waals surface area contributed by atoms with Crippen LogP contribution in [0.25, 0.3) is 94.5 Å². The molecule has 0 atom stereocenters. The van der Waals surface area contributed by atoms with Gasteiger partial charge < -0.3 is 13.9 Å². The number of ether oxygens (including phenoxy) is 1. The van der Waals surface area contributed by atoms with Crippen LogP contribution in [0.5, 0.6) is 11.5 Å². The van der Waals surface area contributed by atoms with Gasteiger partial charge in [0.25, 0.3) is 6.33 Å². The zero-order valence-corrected chi connectivity index (χ0v) is 54.1. The van der Waals surface area contributed by atoms with Crippen LogP contribution in [-0.4, -0.2) is 22.2 Å². The van der Waals surface area contributed by atoms with E-state index in [1.165, 1.54) is 18.2 Å². The minimum Gasteiger partial charge on any atom is -0.510 e. The van der Waals surface area contributed by atoms with Gasteiger partial charge in [-0.15, -0.1) is 29.7 Å². The minimum atomic E-state index is -7.08. The van der Waals surface area contributed by atoms with Crippen molar-refractivity contribution < 1.29 is 96.2 Å². The van der Waals surface area contributed by atoms with Gasteiger partial charge in [0.15, 0.2) is 8.07 Å². The second-order valence-corrected chi connectivity index (χ2v) is 26.7. The molecule has 16 rings (SSSR count). The van der Waals surface area contributed by atoms with E-state index in [1.54, 1.807) is 18.3 Å². The molecule has 97 heavy (non-hydrogen) atoms. The first-order chi connectivity index (χ1) is 66.5. The van der Waals surface area contributed by atoms with E-state index in [2.05, 4.69) is 18.5 Å². The molecule has 3 aromatic heterocycles. The van der Waals surface area contributed by atoms with Crippen molar-refractivity contribution in [1.29, 1.82) is 0 Å². The van der Waals surface area contributed by atoms with Gasteiger partial charge in [-0.05, 0) is 158 Å². The Hall–Kier alpha value is -10.2. The third-order valence-electron chi connectivity index (χ3n) is 16.3. The summed E-state index contributed by atoms with van der Waals surface area (Å²) in [7, 11) is -7.08. The zero-order valence-electron chi connectivity index (χ0n) is 98.8. The van der Waals surface area contributed by atoms with Crippen molar-refractivity contribution in [2.24, 2.45) is 0 Å². The molecule has 0 radical (unpaired) electrons. The van der Waals surface area contributed by atoms with Gasteiger partial charge in [0, 0.05) is 66.2 Å². The summed E-state index contributed by atoms with van der Waals surface area (Å²) in [6.07, 6.45) is -5.39. The molecule has 3 heterocycles. The Labute approximate surface area is 652 Å². The molecule has 1 aliphatic rings. The summed E-state index contributed by atoms with van der Waals surface area (Å²) in [6, 6.07) is -15.1. The Kier molecular flexibility index (Phi) is 7.45. The Balaban J connectivity index is 0.0000158. The van der Waals surface area contributed by atoms with E-state index in [9.17, 15) is 56.2 Å². The van der Waals surface area contributed by atoms with E-state index in [0.29, 0.717) is 34.4 Å². The number of pyridine rings is 1. The predicted molar refractivity (Wildman–Crippen MR) is 399 cm³/mol. The molecular formula is C90H74N4OPtSi-2. The van der Waals surface area contributed by atoms with E-state index in [0.717, 1.165) is 38.3 Å². The van der Waals surface area contributed by atoms with Crippen molar-refractivity contribution in [1.82, 2.24) is 14.1 Å². The standard InChI is InChI=1S/C90H74N4OSi.Pt/c1-88(2,3)68-49-52-91-86(58-68)94-82-42-24-23-41-76(82)77-46-45-71(60-84(77)94)95-70-33-26-32-69(59-70)92-61-93(83-48-44-64(57-85(83)92)62-27-13-8-14-28-62)87-78(54-67(63-29-15-9-16-30-63)55-79(87)66-43-47-80-81(56-66)90(6,7)51-50-89(80,4)5)65-31-25-40-75(53-65)96(72-34-17-10-18-35-72,73-36-19-11-20-37-73)74-38-21-12-22-39-74;/h8-49,52-58H,50-51H2,1-7H3;/q-2;/i4D3,5D3,6D3,7D3,8D,9D,10D,11D,12D,13D,14D,15D,16D,17D,18D,19D,20D,21D,22D,25D,27D,28D,29D,30D,31D,34D,35D,36D,37D,38D,39D,40D,43D,47D,50D2,51D2,53D,56D;. The van der Waals surface area contributed by atoms with Crippen LogP contribution in [0.3, 0.4) is 0 Å². The van der Waals surface area contributed by atoms with Crippen LogP contribution in [0.1, 0.15) is 143 Å². The van der Waals surface area contributed by atoms with Crippen molar-refractivity contribution in [2.45, 2.75) is 77.2 Å². The Morgan fingerprint density at radius 1 is 0.515 bits per heavy atom. The topological polar surface area (TPSA) is 35.9 Å². The fourth-order valence-electron chi connectivity index (χ4n) is 11.9. The maximum absolute atomic E-state index is 11.4. The summed E-state index contributed by atoms with van der Waals surface area (Å²) in [5, 5.41) is -4.41. The number of hydrogen-bond donors (Lipinski definition) is 0. The minimum absolute atomic E-state index is 0. The Bertz CT molecular complexity index is 7810. The van der Waals surface area contributed by atoms with Crippen LogP contribution in [0.15, 0.2) is 297 Å². The Morgan fingerprint density at radius 3 is 1.75 bits per heavy atom. The van der Waals surface area contributed by atoms with Crippen LogP contribution in [0, 0.1) is 18.5 Å². The van der Waals surface area contributed by atoms with E-state index in [-0.39, 0.29) is 49.2 Å². The second-order valence-electron chi connectivity index (χ2n) is 23.2. The number of nitrogens with zero attached hydrogens (tertiary/aromatic N) is 4. The van der Waals surface area contributed by atoms with Crippen molar-refractivity contribution in [3.05, 3.63) is 332 Å². The van der Waals surface area contributed by atoms with Gasteiger partial charge in [-0.2, -0.15) is 18.2 Å². The van der Waals surface area contributed by atoms with Gasteiger partial charge in [-0.25, -0.2) is 4.98 Å². The van der Waals surface area contributed by atoms with Crippen LogP contribution < -0.4 is 30.1 Å². The quantitative estimate of drug-likeness (QED) is 0.0499. The third-order valence-corrected chi connectivity index (χ3v) is 20.3. The molecule has 12 aromatic carbocycles. The number of rotatable bonds is 13. The number of aromatic nitrogens is 4. The molecule has 15 aromatic rings. The first-order valence-corrected chi connectivity index (χ1v) is 31.5. The molecule has 7 heteroatoms. The molecule has 0 N–H and O–H groups in total. The van der Waals surface area contributed by atoms with Gasteiger partial charge in [-0.1, -0.05) is 277 Å².